The molecule has 0 atom stereocenters. The quantitative estimate of drug-likeness (QED) is 0.676. The van der Waals surface area contributed by atoms with Gasteiger partial charge in [-0.1, -0.05) is 6.07 Å². The zero-order valence-electron chi connectivity index (χ0n) is 11.5. The molecule has 0 bridgehead atoms. The van der Waals surface area contributed by atoms with E-state index in [2.05, 4.69) is 5.32 Å². The monoisotopic (exact) mass is 298 g/mol. The molecule has 0 unspecified atom stereocenters. The molecule has 1 amide bonds. The minimum atomic E-state index is -0.421. The van der Waals surface area contributed by atoms with Gasteiger partial charge in [0.1, 0.15) is 17.4 Å². The minimum absolute atomic E-state index is 0.0753. The molecule has 2 rings (SSSR count). The van der Waals surface area contributed by atoms with Gasteiger partial charge in [0.15, 0.2) is 0 Å². The van der Waals surface area contributed by atoms with Crippen LogP contribution >= 0.6 is 11.3 Å². The van der Waals surface area contributed by atoms with Gasteiger partial charge < -0.3 is 10.1 Å². The number of thiophene rings is 1. The third kappa shape index (κ3) is 4.20. The Labute approximate surface area is 127 Å². The zero-order valence-corrected chi connectivity index (χ0v) is 12.3. The number of rotatable bonds is 5. The van der Waals surface area contributed by atoms with Gasteiger partial charge in [0.2, 0.25) is 0 Å². The van der Waals surface area contributed by atoms with Crippen molar-refractivity contribution in [2.45, 2.75) is 6.92 Å². The predicted molar refractivity (Wildman–Crippen MR) is 84.1 cm³/mol. The van der Waals surface area contributed by atoms with Gasteiger partial charge in [-0.3, -0.25) is 4.79 Å². The van der Waals surface area contributed by atoms with E-state index in [1.807, 2.05) is 30.5 Å². The summed E-state index contributed by atoms with van der Waals surface area (Å²) in [4.78, 5) is 12.9. The van der Waals surface area contributed by atoms with Crippen LogP contribution in [0.5, 0.6) is 5.75 Å². The summed E-state index contributed by atoms with van der Waals surface area (Å²) >= 11 is 1.47. The molecule has 0 spiro atoms. The van der Waals surface area contributed by atoms with Crippen LogP contribution in [0.3, 0.4) is 0 Å². The van der Waals surface area contributed by atoms with Crippen molar-refractivity contribution in [3.8, 4) is 11.8 Å². The molecule has 0 fully saturated rings. The highest BCUT2D eigenvalue weighted by molar-refractivity contribution is 7.10. The topological polar surface area (TPSA) is 62.1 Å². The van der Waals surface area contributed by atoms with Crippen LogP contribution in [0.15, 0.2) is 47.4 Å². The van der Waals surface area contributed by atoms with Crippen molar-refractivity contribution in [2.75, 3.05) is 11.9 Å². The maximum Gasteiger partial charge on any atom is 0.266 e. The number of ether oxygens (including phenoxy) is 1. The van der Waals surface area contributed by atoms with Crippen LogP contribution in [0, 0.1) is 11.3 Å². The number of anilines is 1. The number of amides is 1. The maximum absolute atomic E-state index is 12.1. The SMILES string of the molecule is CCOc1ccc(NC(=O)/C(C#N)=C/c2cccs2)cc1. The average molecular weight is 298 g/mol. The first-order chi connectivity index (χ1) is 10.2. The smallest absolute Gasteiger partial charge is 0.266 e. The highest BCUT2D eigenvalue weighted by Crippen LogP contribution is 2.17. The van der Waals surface area contributed by atoms with E-state index in [1.165, 1.54) is 11.3 Å². The number of nitriles is 1. The first-order valence-electron chi connectivity index (χ1n) is 6.42. The Morgan fingerprint density at radius 2 is 2.14 bits per heavy atom. The maximum atomic E-state index is 12.1. The number of hydrogen-bond acceptors (Lipinski definition) is 4. The Balaban J connectivity index is 2.07. The fourth-order valence-corrected chi connectivity index (χ4v) is 2.32. The first-order valence-corrected chi connectivity index (χ1v) is 7.30. The van der Waals surface area contributed by atoms with E-state index >= 15 is 0 Å². The first kappa shape index (κ1) is 14.8. The largest absolute Gasteiger partial charge is 0.494 e. The Morgan fingerprint density at radius 1 is 1.38 bits per heavy atom. The third-order valence-electron chi connectivity index (χ3n) is 2.62. The van der Waals surface area contributed by atoms with Crippen molar-refractivity contribution < 1.29 is 9.53 Å². The van der Waals surface area contributed by atoms with Crippen LogP contribution in [-0.2, 0) is 4.79 Å². The lowest BCUT2D eigenvalue weighted by atomic mass is 10.2. The Bertz CT molecular complexity index is 667. The van der Waals surface area contributed by atoms with E-state index in [0.717, 1.165) is 10.6 Å². The van der Waals surface area contributed by atoms with Gasteiger partial charge in [-0.05, 0) is 48.7 Å². The molecule has 0 saturated carbocycles. The lowest BCUT2D eigenvalue weighted by molar-refractivity contribution is -0.112. The van der Waals surface area contributed by atoms with Crippen LogP contribution in [-0.4, -0.2) is 12.5 Å². The summed E-state index contributed by atoms with van der Waals surface area (Å²) < 4.78 is 5.33. The van der Waals surface area contributed by atoms with Crippen molar-refractivity contribution in [1.29, 1.82) is 5.26 Å². The predicted octanol–water partition coefficient (Wildman–Crippen LogP) is 3.69. The Kier molecular flexibility index (Phi) is 5.13. The van der Waals surface area contributed by atoms with Crippen molar-refractivity contribution in [3.05, 3.63) is 52.2 Å². The molecule has 1 heterocycles. The summed E-state index contributed by atoms with van der Waals surface area (Å²) in [7, 11) is 0. The molecule has 1 aromatic heterocycles. The summed E-state index contributed by atoms with van der Waals surface area (Å²) in [6.45, 7) is 2.50. The molecule has 5 heteroatoms. The van der Waals surface area contributed by atoms with Gasteiger partial charge in [-0.15, -0.1) is 11.3 Å². The van der Waals surface area contributed by atoms with Crippen LogP contribution in [0.4, 0.5) is 5.69 Å². The molecule has 0 aliphatic carbocycles. The van der Waals surface area contributed by atoms with E-state index in [0.29, 0.717) is 12.3 Å². The number of carbonyl (C=O) groups is 1. The fourth-order valence-electron chi connectivity index (χ4n) is 1.66. The Morgan fingerprint density at radius 3 is 2.71 bits per heavy atom. The third-order valence-corrected chi connectivity index (χ3v) is 3.44. The number of carbonyl (C=O) groups excluding carboxylic acids is 1. The second kappa shape index (κ2) is 7.27. The Hall–Kier alpha value is -2.58. The summed E-state index contributed by atoms with van der Waals surface area (Å²) in [5.74, 6) is 0.320. The van der Waals surface area contributed by atoms with Crippen LogP contribution in [0.1, 0.15) is 11.8 Å². The molecule has 0 aliphatic rings. The van der Waals surface area contributed by atoms with Gasteiger partial charge in [0, 0.05) is 10.6 Å². The van der Waals surface area contributed by atoms with E-state index in [9.17, 15) is 4.79 Å². The standard InChI is InChI=1S/C16H14N2O2S/c1-2-20-14-7-5-13(6-8-14)18-16(19)12(11-17)10-15-4-3-9-21-15/h3-10H,2H2,1H3,(H,18,19)/b12-10+. The highest BCUT2D eigenvalue weighted by Gasteiger charge is 2.09. The van der Waals surface area contributed by atoms with E-state index in [-0.39, 0.29) is 5.57 Å². The average Bonchev–Trinajstić information content (AvgIpc) is 3.00. The molecule has 1 aromatic carbocycles. The second-order valence-corrected chi connectivity index (χ2v) is 5.08. The van der Waals surface area contributed by atoms with Crippen molar-refractivity contribution in [1.82, 2.24) is 0 Å². The number of nitrogens with zero attached hydrogens (tertiary/aromatic N) is 1. The normalized spacial score (nSPS) is 10.8. The molecule has 1 N–H and O–H groups in total. The lowest BCUT2D eigenvalue weighted by Crippen LogP contribution is -2.13. The molecule has 0 saturated heterocycles. The highest BCUT2D eigenvalue weighted by atomic mass is 32.1. The minimum Gasteiger partial charge on any atom is -0.494 e. The molecule has 0 radical (unpaired) electrons. The van der Waals surface area contributed by atoms with Gasteiger partial charge >= 0.3 is 0 Å². The molecule has 106 valence electrons. The zero-order chi connectivity index (χ0) is 15.1. The van der Waals surface area contributed by atoms with Crippen molar-refractivity contribution in [2.24, 2.45) is 0 Å². The molecule has 2 aromatic rings. The summed E-state index contributed by atoms with van der Waals surface area (Å²) in [6, 6.07) is 12.7. The fraction of sp³-hybridized carbons (Fsp3) is 0.125. The van der Waals surface area contributed by atoms with Gasteiger partial charge in [0.05, 0.1) is 6.61 Å². The molecule has 21 heavy (non-hydrogen) atoms. The molecule has 0 aliphatic heterocycles. The van der Waals surface area contributed by atoms with Crippen molar-refractivity contribution >= 4 is 29.0 Å². The number of hydrogen-bond donors (Lipinski definition) is 1. The molecular weight excluding hydrogens is 284 g/mol. The molecule has 4 nitrogen and oxygen atoms in total. The number of nitrogens with one attached hydrogen (secondary N) is 1. The number of benzene rings is 1. The lowest BCUT2D eigenvalue weighted by Gasteiger charge is -2.06. The van der Waals surface area contributed by atoms with E-state index < -0.39 is 5.91 Å². The van der Waals surface area contributed by atoms with Crippen molar-refractivity contribution in [3.63, 3.8) is 0 Å². The summed E-state index contributed by atoms with van der Waals surface area (Å²) in [5, 5.41) is 13.7. The van der Waals surface area contributed by atoms with E-state index in [4.69, 9.17) is 10.00 Å². The van der Waals surface area contributed by atoms with Crippen LogP contribution in [0.2, 0.25) is 0 Å². The van der Waals surface area contributed by atoms with Gasteiger partial charge in [-0.2, -0.15) is 5.26 Å². The van der Waals surface area contributed by atoms with Gasteiger partial charge in [0.25, 0.3) is 5.91 Å². The van der Waals surface area contributed by atoms with Gasteiger partial charge in [-0.25, -0.2) is 0 Å². The van der Waals surface area contributed by atoms with Crippen LogP contribution < -0.4 is 10.1 Å². The van der Waals surface area contributed by atoms with E-state index in [1.54, 1.807) is 30.3 Å². The summed E-state index contributed by atoms with van der Waals surface area (Å²) in [5.41, 5.74) is 0.696. The summed E-state index contributed by atoms with van der Waals surface area (Å²) in [6.07, 6.45) is 1.58. The second-order valence-electron chi connectivity index (χ2n) is 4.10. The van der Waals surface area contributed by atoms with Crippen LogP contribution in [0.25, 0.3) is 6.08 Å². The molecular formula is C16H14N2O2S.